The number of aromatic carboxylic acids is 1. The Morgan fingerprint density at radius 1 is 0.875 bits per heavy atom. The molecule has 5 rings (SSSR count). The van der Waals surface area contributed by atoms with E-state index in [0.29, 0.717) is 12.0 Å². The quantitative estimate of drug-likeness (QED) is 0.877. The molecule has 1 N–H and O–H groups in total. The number of aryl methyl sites for hydroxylation is 2. The zero-order valence-electron chi connectivity index (χ0n) is 13.4. The van der Waals surface area contributed by atoms with E-state index in [2.05, 4.69) is 12.1 Å². The van der Waals surface area contributed by atoms with Gasteiger partial charge in [-0.15, -0.1) is 0 Å². The number of Topliss-reactive ketones (excluding diaryl/α,β-unsaturated/α-hetero) is 1. The molecule has 3 aliphatic rings. The second-order valence-corrected chi connectivity index (χ2v) is 7.56. The summed E-state index contributed by atoms with van der Waals surface area (Å²) in [6.07, 6.45) is 5.62. The Hall–Kier alpha value is -2.42. The highest BCUT2D eigenvalue weighted by molar-refractivity contribution is 6.06. The molecule has 2 aromatic rings. The van der Waals surface area contributed by atoms with E-state index in [1.165, 1.54) is 23.1 Å². The van der Waals surface area contributed by atoms with E-state index >= 15 is 0 Å². The minimum atomic E-state index is -0.906. The molecule has 3 aliphatic carbocycles. The zero-order chi connectivity index (χ0) is 16.5. The molecule has 0 bridgehead atoms. The molecule has 2 aromatic carbocycles. The van der Waals surface area contributed by atoms with E-state index in [9.17, 15) is 14.7 Å². The number of ketones is 1. The fourth-order valence-electron chi connectivity index (χ4n) is 4.94. The van der Waals surface area contributed by atoms with Crippen molar-refractivity contribution < 1.29 is 14.7 Å². The summed E-state index contributed by atoms with van der Waals surface area (Å²) in [6.45, 7) is 0. The Kier molecular flexibility index (Phi) is 2.66. The van der Waals surface area contributed by atoms with E-state index in [1.807, 2.05) is 6.07 Å². The predicted octanol–water partition coefficient (Wildman–Crippen LogP) is 3.40. The van der Waals surface area contributed by atoms with Crippen LogP contribution in [0, 0.1) is 5.41 Å². The fraction of sp³-hybridized carbons (Fsp3) is 0.333. The number of carboxylic acids is 1. The maximum Gasteiger partial charge on any atom is 0.335 e. The van der Waals surface area contributed by atoms with Crippen molar-refractivity contribution in [2.75, 3.05) is 0 Å². The van der Waals surface area contributed by atoms with Gasteiger partial charge in [0.2, 0.25) is 0 Å². The van der Waals surface area contributed by atoms with Crippen molar-refractivity contribution in [2.45, 2.75) is 38.5 Å². The summed E-state index contributed by atoms with van der Waals surface area (Å²) in [7, 11) is 0. The van der Waals surface area contributed by atoms with Crippen molar-refractivity contribution in [3.63, 3.8) is 0 Å². The Balaban J connectivity index is 1.54. The third-order valence-electron chi connectivity index (χ3n) is 6.08. The first-order chi connectivity index (χ1) is 11.6. The largest absolute Gasteiger partial charge is 0.478 e. The van der Waals surface area contributed by atoms with E-state index in [4.69, 9.17) is 0 Å². The molecule has 24 heavy (non-hydrogen) atoms. The molecule has 0 aromatic heterocycles. The molecular weight excluding hydrogens is 300 g/mol. The third kappa shape index (κ3) is 1.78. The van der Waals surface area contributed by atoms with Crippen LogP contribution in [0.4, 0.5) is 0 Å². The van der Waals surface area contributed by atoms with E-state index in [1.54, 1.807) is 12.1 Å². The zero-order valence-corrected chi connectivity index (χ0v) is 13.4. The molecule has 3 nitrogen and oxygen atoms in total. The van der Waals surface area contributed by atoms with Gasteiger partial charge in [-0.25, -0.2) is 4.79 Å². The highest BCUT2D eigenvalue weighted by Gasteiger charge is 2.49. The summed E-state index contributed by atoms with van der Waals surface area (Å²) in [4.78, 5) is 24.4. The van der Waals surface area contributed by atoms with Crippen LogP contribution in [0.25, 0.3) is 0 Å². The summed E-state index contributed by atoms with van der Waals surface area (Å²) in [6, 6.07) is 9.70. The lowest BCUT2D eigenvalue weighted by atomic mass is 9.81. The fourth-order valence-corrected chi connectivity index (χ4v) is 4.94. The van der Waals surface area contributed by atoms with Gasteiger partial charge in [0, 0.05) is 11.0 Å². The van der Waals surface area contributed by atoms with Gasteiger partial charge in [0.1, 0.15) is 0 Å². The van der Waals surface area contributed by atoms with Crippen molar-refractivity contribution in [3.05, 3.63) is 69.3 Å². The molecular formula is C21H18O3. The van der Waals surface area contributed by atoms with Crippen LogP contribution in [0.3, 0.4) is 0 Å². The van der Waals surface area contributed by atoms with E-state index in [-0.39, 0.29) is 11.2 Å². The molecule has 0 amide bonds. The number of hydrogen-bond acceptors (Lipinski definition) is 2. The number of carbonyl (C=O) groups is 2. The van der Waals surface area contributed by atoms with E-state index < -0.39 is 5.97 Å². The number of carboxylic acid groups (broad SMARTS) is 1. The summed E-state index contributed by atoms with van der Waals surface area (Å²) < 4.78 is 0. The number of rotatable bonds is 1. The van der Waals surface area contributed by atoms with Crippen molar-refractivity contribution in [2.24, 2.45) is 5.41 Å². The summed E-state index contributed by atoms with van der Waals surface area (Å²) >= 11 is 0. The highest BCUT2D eigenvalue weighted by atomic mass is 16.4. The summed E-state index contributed by atoms with van der Waals surface area (Å²) in [5.74, 6) is -0.642. The number of fused-ring (bicyclic) bond motifs is 3. The van der Waals surface area contributed by atoms with Crippen LogP contribution in [0.5, 0.6) is 0 Å². The number of carbonyl (C=O) groups excluding carboxylic acids is 1. The first-order valence-electron chi connectivity index (χ1n) is 8.60. The standard InChI is InChI=1S/C21H18O3/c22-19-18-8-13-3-1-2-12(13)6-17(18)11-21(19)9-15-5-4-14(20(23)24)7-16(15)10-21/h4-8H,1-3,9-11H2,(H,23,24)/t21-/m0/s1. The Labute approximate surface area is 140 Å². The van der Waals surface area contributed by atoms with Gasteiger partial charge in [0.25, 0.3) is 0 Å². The topological polar surface area (TPSA) is 54.4 Å². The lowest BCUT2D eigenvalue weighted by Gasteiger charge is -2.20. The summed E-state index contributed by atoms with van der Waals surface area (Å²) in [5, 5.41) is 9.19. The van der Waals surface area contributed by atoms with Crippen LogP contribution in [0.15, 0.2) is 30.3 Å². The van der Waals surface area contributed by atoms with Gasteiger partial charge < -0.3 is 5.11 Å². The van der Waals surface area contributed by atoms with Gasteiger partial charge in [-0.1, -0.05) is 12.1 Å². The molecule has 0 saturated carbocycles. The molecule has 1 spiro atoms. The molecule has 0 radical (unpaired) electrons. The average Bonchev–Trinajstić information content (AvgIpc) is 3.21. The van der Waals surface area contributed by atoms with Gasteiger partial charge >= 0.3 is 5.97 Å². The molecule has 1 atom stereocenters. The normalized spacial score (nSPS) is 23.4. The molecule has 0 saturated heterocycles. The lowest BCUT2D eigenvalue weighted by molar-refractivity contribution is 0.0696. The summed E-state index contributed by atoms with van der Waals surface area (Å²) in [5.41, 5.74) is 6.99. The van der Waals surface area contributed by atoms with Crippen LogP contribution in [0.2, 0.25) is 0 Å². The Morgan fingerprint density at radius 2 is 1.58 bits per heavy atom. The van der Waals surface area contributed by atoms with Crippen LogP contribution < -0.4 is 0 Å². The van der Waals surface area contributed by atoms with Crippen LogP contribution in [-0.4, -0.2) is 16.9 Å². The second kappa shape index (κ2) is 4.56. The van der Waals surface area contributed by atoms with Crippen LogP contribution in [-0.2, 0) is 32.1 Å². The minimum Gasteiger partial charge on any atom is -0.478 e. The first kappa shape index (κ1) is 14.0. The van der Waals surface area contributed by atoms with Crippen molar-refractivity contribution >= 4 is 11.8 Å². The molecule has 120 valence electrons. The molecule has 0 fully saturated rings. The van der Waals surface area contributed by atoms with Crippen molar-refractivity contribution in [1.82, 2.24) is 0 Å². The number of hydrogen-bond donors (Lipinski definition) is 1. The van der Waals surface area contributed by atoms with Crippen LogP contribution in [0.1, 0.15) is 55.0 Å². The first-order valence-corrected chi connectivity index (χ1v) is 8.60. The van der Waals surface area contributed by atoms with Gasteiger partial charge in [0.05, 0.1) is 5.56 Å². The second-order valence-electron chi connectivity index (χ2n) is 7.56. The van der Waals surface area contributed by atoms with Gasteiger partial charge in [-0.05, 0) is 84.5 Å². The van der Waals surface area contributed by atoms with Gasteiger partial charge in [-0.3, -0.25) is 4.79 Å². The van der Waals surface area contributed by atoms with Crippen molar-refractivity contribution in [3.8, 4) is 0 Å². The molecule has 0 aliphatic heterocycles. The smallest absolute Gasteiger partial charge is 0.335 e. The maximum atomic E-state index is 13.2. The van der Waals surface area contributed by atoms with Gasteiger partial charge in [0.15, 0.2) is 5.78 Å². The maximum absolute atomic E-state index is 13.2. The monoisotopic (exact) mass is 318 g/mol. The lowest BCUT2D eigenvalue weighted by Crippen LogP contribution is -2.28. The SMILES string of the molecule is O=C(O)c1ccc2c(c1)C[C@@]1(C2)Cc2cc3c(cc2C1=O)CCC3. The average molecular weight is 318 g/mol. The van der Waals surface area contributed by atoms with Gasteiger partial charge in [-0.2, -0.15) is 0 Å². The predicted molar refractivity (Wildman–Crippen MR) is 89.7 cm³/mol. The molecule has 0 unspecified atom stereocenters. The Bertz CT molecular complexity index is 925. The molecule has 0 heterocycles. The van der Waals surface area contributed by atoms with Crippen LogP contribution >= 0.6 is 0 Å². The van der Waals surface area contributed by atoms with E-state index in [0.717, 1.165) is 42.4 Å². The highest BCUT2D eigenvalue weighted by Crippen LogP contribution is 2.48. The Morgan fingerprint density at radius 3 is 2.38 bits per heavy atom. The van der Waals surface area contributed by atoms with Crippen molar-refractivity contribution in [1.29, 1.82) is 0 Å². The third-order valence-corrected chi connectivity index (χ3v) is 6.08. The number of benzene rings is 2. The molecule has 3 heteroatoms. The minimum absolute atomic E-state index is 0.264.